The molecule has 1 saturated heterocycles. The monoisotopic (exact) mass is 470 g/mol. The van der Waals surface area contributed by atoms with E-state index in [2.05, 4.69) is 6.08 Å². The Morgan fingerprint density at radius 3 is 2.56 bits per heavy atom. The van der Waals surface area contributed by atoms with E-state index in [1.807, 2.05) is 35.2 Å². The van der Waals surface area contributed by atoms with Crippen LogP contribution in [0.2, 0.25) is 0 Å². The zero-order valence-electron chi connectivity index (χ0n) is 20.7. The number of allylic oxidation sites excluding steroid dienone is 2. The van der Waals surface area contributed by atoms with Crippen molar-refractivity contribution in [3.05, 3.63) is 42.0 Å². The molecule has 3 rings (SSSR count). The van der Waals surface area contributed by atoms with Crippen molar-refractivity contribution in [1.29, 1.82) is 0 Å². The number of rotatable bonds is 12. The Labute approximate surface area is 202 Å². The number of methoxy groups -OCH3 is 1. The van der Waals surface area contributed by atoms with Crippen LogP contribution in [-0.2, 0) is 16.1 Å². The first kappa shape index (κ1) is 25.8. The molecule has 1 aromatic rings. The van der Waals surface area contributed by atoms with Gasteiger partial charge in [-0.1, -0.05) is 30.7 Å². The molecule has 2 fully saturated rings. The Bertz CT molecular complexity index is 897. The summed E-state index contributed by atoms with van der Waals surface area (Å²) >= 11 is 0. The maximum atomic E-state index is 13.4. The van der Waals surface area contributed by atoms with E-state index in [0.717, 1.165) is 56.3 Å². The normalized spacial score (nSPS) is 23.8. The third kappa shape index (κ3) is 6.39. The minimum absolute atomic E-state index is 0.0525. The maximum Gasteiger partial charge on any atom is 0.320 e. The number of amides is 2. The highest BCUT2D eigenvalue weighted by Gasteiger charge is 2.54. The summed E-state index contributed by atoms with van der Waals surface area (Å²) in [5.41, 5.74) is 0.452. The number of ether oxygens (including phenoxy) is 1. The molecular formula is C27H38N2O5. The van der Waals surface area contributed by atoms with Crippen LogP contribution in [0.3, 0.4) is 0 Å². The van der Waals surface area contributed by atoms with Crippen molar-refractivity contribution >= 4 is 17.8 Å². The maximum absolute atomic E-state index is 13.4. The highest BCUT2D eigenvalue weighted by atomic mass is 16.5. The first-order chi connectivity index (χ1) is 16.3. The van der Waals surface area contributed by atoms with E-state index in [0.29, 0.717) is 19.6 Å². The summed E-state index contributed by atoms with van der Waals surface area (Å²) < 4.78 is 5.24. The number of hydrogen-bond acceptors (Lipinski definition) is 4. The summed E-state index contributed by atoms with van der Waals surface area (Å²) in [6.07, 6.45) is 10.2. The fourth-order valence-electron chi connectivity index (χ4n) is 4.72. The van der Waals surface area contributed by atoms with Crippen LogP contribution < -0.4 is 4.74 Å². The SMILES string of the molecule is COc1ccc(CN(CCCCC/C=C\[C@@H]2C[C@]2(C)C(=O)O)C(=O)N2CCC[C@H]2C(C)=O)cc1. The van der Waals surface area contributed by atoms with Gasteiger partial charge in [-0.25, -0.2) is 4.79 Å². The summed E-state index contributed by atoms with van der Waals surface area (Å²) in [4.78, 5) is 40.2. The van der Waals surface area contributed by atoms with Crippen LogP contribution in [0.4, 0.5) is 4.79 Å². The van der Waals surface area contributed by atoms with Gasteiger partial charge < -0.3 is 19.6 Å². The topological polar surface area (TPSA) is 87.2 Å². The number of carbonyl (C=O) groups excluding carboxylic acids is 2. The van der Waals surface area contributed by atoms with E-state index < -0.39 is 11.4 Å². The average Bonchev–Trinajstić information content (AvgIpc) is 3.25. The lowest BCUT2D eigenvalue weighted by Crippen LogP contribution is -2.47. The lowest BCUT2D eigenvalue weighted by Gasteiger charge is -2.31. The standard InChI is InChI=1S/C27H38N2O5/c1-20(30)24-11-9-17-29(24)26(33)28(19-21-12-14-23(34-3)15-13-21)16-8-6-4-5-7-10-22-18-27(22,2)25(31)32/h7,10,12-15,22,24H,4-6,8-9,11,16-19H2,1-3H3,(H,31,32)/b10-7-/t22-,24+,27+/m1/s1. The van der Waals surface area contributed by atoms with Gasteiger partial charge >= 0.3 is 12.0 Å². The first-order valence-electron chi connectivity index (χ1n) is 12.3. The number of unbranched alkanes of at least 4 members (excludes halogenated alkanes) is 3. The smallest absolute Gasteiger partial charge is 0.320 e. The molecule has 3 atom stereocenters. The fraction of sp³-hybridized carbons (Fsp3) is 0.593. The van der Waals surface area contributed by atoms with Gasteiger partial charge in [0.2, 0.25) is 0 Å². The van der Waals surface area contributed by atoms with E-state index in [-0.39, 0.29) is 23.8 Å². The molecule has 7 heteroatoms. The predicted octanol–water partition coefficient (Wildman–Crippen LogP) is 4.90. The molecule has 1 aromatic carbocycles. The molecule has 0 spiro atoms. The number of likely N-dealkylation sites (tertiary alicyclic amines) is 1. The van der Waals surface area contributed by atoms with E-state index in [1.54, 1.807) is 25.9 Å². The molecule has 7 nitrogen and oxygen atoms in total. The number of carboxylic acids is 1. The van der Waals surface area contributed by atoms with Gasteiger partial charge in [0, 0.05) is 19.6 Å². The lowest BCUT2D eigenvalue weighted by molar-refractivity contribution is -0.143. The number of ketones is 1. The number of Topliss-reactive ketones (excluding diaryl/α,β-unsaturated/α-hetero) is 1. The first-order valence-corrected chi connectivity index (χ1v) is 12.3. The van der Waals surface area contributed by atoms with Crippen molar-refractivity contribution < 1.29 is 24.2 Å². The largest absolute Gasteiger partial charge is 0.497 e. The third-order valence-corrected chi connectivity index (χ3v) is 7.23. The number of nitrogens with zero attached hydrogens (tertiary/aromatic N) is 2. The molecule has 1 saturated carbocycles. The summed E-state index contributed by atoms with van der Waals surface area (Å²) in [7, 11) is 1.63. The van der Waals surface area contributed by atoms with Crippen LogP contribution in [0.15, 0.2) is 36.4 Å². The fourth-order valence-corrected chi connectivity index (χ4v) is 4.72. The summed E-state index contributed by atoms with van der Waals surface area (Å²) in [6, 6.07) is 7.37. The molecule has 0 radical (unpaired) electrons. The molecule has 0 unspecified atom stereocenters. The van der Waals surface area contributed by atoms with Crippen LogP contribution in [0.1, 0.15) is 64.4 Å². The van der Waals surface area contributed by atoms with Gasteiger partial charge in [0.25, 0.3) is 0 Å². The van der Waals surface area contributed by atoms with Crippen LogP contribution in [0.25, 0.3) is 0 Å². The minimum Gasteiger partial charge on any atom is -0.497 e. The number of carbonyl (C=O) groups is 3. The molecule has 1 N–H and O–H groups in total. The second-order valence-corrected chi connectivity index (χ2v) is 9.82. The molecule has 0 bridgehead atoms. The predicted molar refractivity (Wildman–Crippen MR) is 131 cm³/mol. The van der Waals surface area contributed by atoms with E-state index in [9.17, 15) is 19.5 Å². The molecule has 1 aliphatic heterocycles. The van der Waals surface area contributed by atoms with Gasteiger partial charge in [0.1, 0.15) is 5.75 Å². The average molecular weight is 471 g/mol. The molecule has 2 amide bonds. The Hall–Kier alpha value is -2.83. The van der Waals surface area contributed by atoms with Crippen molar-refractivity contribution in [3.63, 3.8) is 0 Å². The number of urea groups is 1. The van der Waals surface area contributed by atoms with Gasteiger partial charge in [-0.05, 0) is 76.0 Å². The Balaban J connectivity index is 1.51. The van der Waals surface area contributed by atoms with Crippen LogP contribution in [0, 0.1) is 11.3 Å². The van der Waals surface area contributed by atoms with Gasteiger partial charge in [0.05, 0.1) is 18.6 Å². The lowest BCUT2D eigenvalue weighted by atomic mass is 10.1. The Kier molecular flexibility index (Phi) is 8.75. The molecule has 0 aromatic heterocycles. The minimum atomic E-state index is -0.714. The van der Waals surface area contributed by atoms with Crippen molar-refractivity contribution in [3.8, 4) is 5.75 Å². The van der Waals surface area contributed by atoms with Crippen molar-refractivity contribution in [2.75, 3.05) is 20.2 Å². The van der Waals surface area contributed by atoms with Crippen LogP contribution in [-0.4, -0.2) is 58.9 Å². The van der Waals surface area contributed by atoms with Crippen LogP contribution >= 0.6 is 0 Å². The van der Waals surface area contributed by atoms with Crippen molar-refractivity contribution in [2.24, 2.45) is 11.3 Å². The van der Waals surface area contributed by atoms with E-state index in [1.165, 1.54) is 0 Å². The van der Waals surface area contributed by atoms with Gasteiger partial charge in [-0.2, -0.15) is 0 Å². The zero-order valence-corrected chi connectivity index (χ0v) is 20.7. The molecule has 1 heterocycles. The van der Waals surface area contributed by atoms with Gasteiger partial charge in [0.15, 0.2) is 5.78 Å². The number of carboxylic acid groups (broad SMARTS) is 1. The Morgan fingerprint density at radius 1 is 1.21 bits per heavy atom. The van der Waals surface area contributed by atoms with Crippen molar-refractivity contribution in [2.45, 2.75) is 71.4 Å². The molecule has 34 heavy (non-hydrogen) atoms. The quantitative estimate of drug-likeness (QED) is 0.347. The highest BCUT2D eigenvalue weighted by Crippen LogP contribution is 2.53. The number of hydrogen-bond donors (Lipinski definition) is 1. The zero-order chi connectivity index (χ0) is 24.7. The van der Waals surface area contributed by atoms with E-state index >= 15 is 0 Å². The van der Waals surface area contributed by atoms with E-state index in [4.69, 9.17) is 4.74 Å². The van der Waals surface area contributed by atoms with Gasteiger partial charge in [-0.15, -0.1) is 0 Å². The third-order valence-electron chi connectivity index (χ3n) is 7.23. The molecule has 2 aliphatic rings. The second kappa shape index (κ2) is 11.5. The number of aliphatic carboxylic acids is 1. The van der Waals surface area contributed by atoms with Crippen LogP contribution in [0.5, 0.6) is 5.75 Å². The summed E-state index contributed by atoms with van der Waals surface area (Å²) in [5.74, 6) is 0.267. The Morgan fingerprint density at radius 2 is 1.94 bits per heavy atom. The second-order valence-electron chi connectivity index (χ2n) is 9.82. The van der Waals surface area contributed by atoms with Gasteiger partial charge in [-0.3, -0.25) is 9.59 Å². The molecule has 1 aliphatic carbocycles. The summed E-state index contributed by atoms with van der Waals surface area (Å²) in [6.45, 7) is 5.13. The number of benzene rings is 1. The van der Waals surface area contributed by atoms with Crippen molar-refractivity contribution in [1.82, 2.24) is 9.80 Å². The highest BCUT2D eigenvalue weighted by molar-refractivity contribution is 5.87. The molecule has 186 valence electrons. The molecular weight excluding hydrogens is 432 g/mol. The summed E-state index contributed by atoms with van der Waals surface area (Å²) in [5, 5.41) is 9.22.